The van der Waals surface area contributed by atoms with Gasteiger partial charge in [-0.15, -0.1) is 5.10 Å². The summed E-state index contributed by atoms with van der Waals surface area (Å²) in [6.07, 6.45) is 7.67. The first kappa shape index (κ1) is 19.6. The van der Waals surface area contributed by atoms with Gasteiger partial charge >= 0.3 is 0 Å². The normalized spacial score (nSPS) is 14.8. The first-order valence-electron chi connectivity index (χ1n) is 10.6. The maximum Gasteiger partial charge on any atom is 0.154 e. The molecule has 8 heteroatoms. The molecule has 1 N–H and O–H groups in total. The molecule has 5 rings (SSSR count). The van der Waals surface area contributed by atoms with Gasteiger partial charge in [0.2, 0.25) is 0 Å². The summed E-state index contributed by atoms with van der Waals surface area (Å²) in [6.45, 7) is 7.49. The van der Waals surface area contributed by atoms with E-state index in [1.165, 1.54) is 0 Å². The fraction of sp³-hybridized carbons (Fsp3) is 0.348. The first-order chi connectivity index (χ1) is 15.0. The van der Waals surface area contributed by atoms with Crippen molar-refractivity contribution < 1.29 is 0 Å². The van der Waals surface area contributed by atoms with E-state index in [2.05, 4.69) is 63.7 Å². The molecule has 4 aromatic rings. The van der Waals surface area contributed by atoms with Crippen LogP contribution in [0.5, 0.6) is 0 Å². The summed E-state index contributed by atoms with van der Waals surface area (Å²) < 4.78 is 2.03. The van der Waals surface area contributed by atoms with Crippen LogP contribution in [0, 0.1) is 5.92 Å². The van der Waals surface area contributed by atoms with Crippen molar-refractivity contribution in [3.63, 3.8) is 0 Å². The number of anilines is 2. The standard InChI is InChI=1S/C23H26N8/c1-15(2)17-7-23(29-25-9-17)28-22-5-4-20-21(27-22)6-18(8-24-20)19-10-26-31(14-19)13-16-11-30(3)12-16/h4-10,14-16H,11-13H2,1-3H3,(H,27,28,29). The van der Waals surface area contributed by atoms with Gasteiger partial charge in [-0.2, -0.15) is 10.2 Å². The van der Waals surface area contributed by atoms with Crippen LogP contribution in [0.1, 0.15) is 25.3 Å². The third-order valence-corrected chi connectivity index (χ3v) is 5.69. The van der Waals surface area contributed by atoms with Crippen molar-refractivity contribution >= 4 is 22.7 Å². The number of aromatic nitrogens is 6. The van der Waals surface area contributed by atoms with E-state index in [0.717, 1.165) is 47.4 Å². The van der Waals surface area contributed by atoms with E-state index < -0.39 is 0 Å². The Balaban J connectivity index is 1.37. The van der Waals surface area contributed by atoms with Gasteiger partial charge in [-0.05, 0) is 42.8 Å². The number of hydrogen-bond acceptors (Lipinski definition) is 7. The predicted molar refractivity (Wildman–Crippen MR) is 121 cm³/mol. The Morgan fingerprint density at radius 3 is 2.71 bits per heavy atom. The zero-order chi connectivity index (χ0) is 21.4. The fourth-order valence-electron chi connectivity index (χ4n) is 3.94. The van der Waals surface area contributed by atoms with Gasteiger partial charge in [0.1, 0.15) is 5.82 Å². The smallest absolute Gasteiger partial charge is 0.154 e. The minimum Gasteiger partial charge on any atom is -0.323 e. The van der Waals surface area contributed by atoms with Gasteiger partial charge in [0, 0.05) is 49.1 Å². The van der Waals surface area contributed by atoms with Gasteiger partial charge in [-0.3, -0.25) is 9.67 Å². The number of nitrogens with zero attached hydrogens (tertiary/aromatic N) is 7. The van der Waals surface area contributed by atoms with E-state index in [9.17, 15) is 0 Å². The fourth-order valence-corrected chi connectivity index (χ4v) is 3.94. The molecular formula is C23H26N8. The highest BCUT2D eigenvalue weighted by atomic mass is 15.3. The Morgan fingerprint density at radius 1 is 1.03 bits per heavy atom. The largest absolute Gasteiger partial charge is 0.323 e. The van der Waals surface area contributed by atoms with E-state index in [1.54, 1.807) is 6.20 Å². The molecule has 158 valence electrons. The van der Waals surface area contributed by atoms with Crippen molar-refractivity contribution in [3.8, 4) is 11.1 Å². The van der Waals surface area contributed by atoms with Crippen molar-refractivity contribution in [3.05, 3.63) is 54.6 Å². The van der Waals surface area contributed by atoms with E-state index in [4.69, 9.17) is 4.98 Å². The molecule has 1 saturated heterocycles. The summed E-state index contributed by atoms with van der Waals surface area (Å²) in [4.78, 5) is 11.7. The Kier molecular flexibility index (Phi) is 5.07. The van der Waals surface area contributed by atoms with Gasteiger partial charge in [0.25, 0.3) is 0 Å². The third kappa shape index (κ3) is 4.25. The second-order valence-corrected chi connectivity index (χ2v) is 8.65. The van der Waals surface area contributed by atoms with Crippen LogP contribution in [0.3, 0.4) is 0 Å². The van der Waals surface area contributed by atoms with Crippen LogP contribution in [-0.2, 0) is 6.54 Å². The molecule has 1 aliphatic rings. The van der Waals surface area contributed by atoms with Gasteiger partial charge in [0.15, 0.2) is 5.82 Å². The number of nitrogens with one attached hydrogen (secondary N) is 1. The monoisotopic (exact) mass is 414 g/mol. The van der Waals surface area contributed by atoms with E-state index in [0.29, 0.717) is 23.5 Å². The lowest BCUT2D eigenvalue weighted by Crippen LogP contribution is -2.45. The molecule has 0 amide bonds. The van der Waals surface area contributed by atoms with Gasteiger partial charge in [0.05, 0.1) is 23.4 Å². The SMILES string of the molecule is CC(C)c1cnnc(Nc2ccc3ncc(-c4cnn(CC5CN(C)C5)c4)cc3n2)c1. The van der Waals surface area contributed by atoms with Crippen molar-refractivity contribution in [2.75, 3.05) is 25.5 Å². The lowest BCUT2D eigenvalue weighted by molar-refractivity contribution is 0.116. The molecule has 31 heavy (non-hydrogen) atoms. The van der Waals surface area contributed by atoms with Gasteiger partial charge in [-0.1, -0.05) is 13.8 Å². The van der Waals surface area contributed by atoms with E-state index in [-0.39, 0.29) is 0 Å². The van der Waals surface area contributed by atoms with Crippen LogP contribution >= 0.6 is 0 Å². The zero-order valence-corrected chi connectivity index (χ0v) is 18.0. The highest BCUT2D eigenvalue weighted by Gasteiger charge is 2.23. The summed E-state index contributed by atoms with van der Waals surface area (Å²) in [5.41, 5.74) is 4.87. The van der Waals surface area contributed by atoms with Crippen LogP contribution < -0.4 is 5.32 Å². The number of rotatable bonds is 6. The molecular weight excluding hydrogens is 388 g/mol. The lowest BCUT2D eigenvalue weighted by atomic mass is 10.0. The minimum absolute atomic E-state index is 0.387. The predicted octanol–water partition coefficient (Wildman–Crippen LogP) is 3.71. The molecule has 4 aromatic heterocycles. The molecule has 0 spiro atoms. The first-order valence-corrected chi connectivity index (χ1v) is 10.6. The molecule has 0 bridgehead atoms. The van der Waals surface area contributed by atoms with Crippen LogP contribution in [0.2, 0.25) is 0 Å². The number of fused-ring (bicyclic) bond motifs is 1. The molecule has 0 aliphatic carbocycles. The molecule has 0 saturated carbocycles. The average molecular weight is 415 g/mol. The maximum atomic E-state index is 4.74. The lowest BCUT2D eigenvalue weighted by Gasteiger charge is -2.35. The van der Waals surface area contributed by atoms with Crippen LogP contribution in [-0.4, -0.2) is 55.0 Å². The molecule has 0 radical (unpaired) electrons. The van der Waals surface area contributed by atoms with Gasteiger partial charge in [-0.25, -0.2) is 4.98 Å². The summed E-state index contributed by atoms with van der Waals surface area (Å²) in [5.74, 6) is 2.47. The topological polar surface area (TPSA) is 84.7 Å². The Bertz CT molecular complexity index is 1210. The Hall–Kier alpha value is -3.39. The Labute approximate surface area is 181 Å². The summed E-state index contributed by atoms with van der Waals surface area (Å²) in [5, 5.41) is 16.1. The minimum atomic E-state index is 0.387. The second-order valence-electron chi connectivity index (χ2n) is 8.65. The molecule has 0 aromatic carbocycles. The van der Waals surface area contributed by atoms with Gasteiger partial charge < -0.3 is 10.2 Å². The summed E-state index contributed by atoms with van der Waals surface area (Å²) >= 11 is 0. The number of pyridine rings is 2. The highest BCUT2D eigenvalue weighted by molar-refractivity contribution is 5.81. The molecule has 8 nitrogen and oxygen atoms in total. The average Bonchev–Trinajstić information content (AvgIpc) is 3.21. The second kappa shape index (κ2) is 8.03. The molecule has 0 atom stereocenters. The van der Waals surface area contributed by atoms with E-state index >= 15 is 0 Å². The molecule has 0 unspecified atom stereocenters. The maximum absolute atomic E-state index is 4.74. The molecule has 5 heterocycles. The highest BCUT2D eigenvalue weighted by Crippen LogP contribution is 2.24. The number of hydrogen-bond donors (Lipinski definition) is 1. The van der Waals surface area contributed by atoms with Crippen molar-refractivity contribution in [2.24, 2.45) is 5.92 Å². The summed E-state index contributed by atoms with van der Waals surface area (Å²) in [7, 11) is 2.15. The van der Waals surface area contributed by atoms with Crippen molar-refractivity contribution in [1.82, 2.24) is 34.8 Å². The molecule has 1 aliphatic heterocycles. The molecule has 1 fully saturated rings. The quantitative estimate of drug-likeness (QED) is 0.515. The van der Waals surface area contributed by atoms with Crippen LogP contribution in [0.15, 0.2) is 49.1 Å². The summed E-state index contributed by atoms with van der Waals surface area (Å²) in [6, 6.07) is 7.94. The van der Waals surface area contributed by atoms with Crippen molar-refractivity contribution in [1.29, 1.82) is 0 Å². The van der Waals surface area contributed by atoms with Crippen LogP contribution in [0.4, 0.5) is 11.6 Å². The number of likely N-dealkylation sites (tertiary alicyclic amines) is 1. The third-order valence-electron chi connectivity index (χ3n) is 5.69. The van der Waals surface area contributed by atoms with Crippen molar-refractivity contribution in [2.45, 2.75) is 26.3 Å². The Morgan fingerprint density at radius 2 is 1.90 bits per heavy atom. The van der Waals surface area contributed by atoms with E-state index in [1.807, 2.05) is 35.3 Å². The zero-order valence-electron chi connectivity index (χ0n) is 18.0. The van der Waals surface area contributed by atoms with Crippen LogP contribution in [0.25, 0.3) is 22.2 Å².